The Hall–Kier alpha value is -2.96. The first-order chi connectivity index (χ1) is 11.4. The van der Waals surface area contributed by atoms with E-state index in [4.69, 9.17) is 23.7 Å². The molecule has 0 saturated heterocycles. The minimum absolute atomic E-state index is 0.0277. The van der Waals surface area contributed by atoms with Crippen molar-refractivity contribution < 1.29 is 33.3 Å². The Bertz CT molecular complexity index is 795. The summed E-state index contributed by atoms with van der Waals surface area (Å²) in [5.41, 5.74) is 0. The Morgan fingerprint density at radius 1 is 0.708 bits per heavy atom. The van der Waals surface area contributed by atoms with Crippen molar-refractivity contribution in [2.75, 3.05) is 21.3 Å². The van der Waals surface area contributed by atoms with Crippen molar-refractivity contribution in [1.29, 1.82) is 0 Å². The standard InChI is InChI=1S/C17H18O7/c1-9(18)23-16-11-6-7-13(20-3)15(22-5)12(11)8-14(21-4)17(16)24-10(2)19/h6-8H,1-5H3. The Morgan fingerprint density at radius 3 is 1.79 bits per heavy atom. The lowest BCUT2D eigenvalue weighted by molar-refractivity contribution is -0.134. The smallest absolute Gasteiger partial charge is 0.308 e. The molecule has 0 aliphatic carbocycles. The number of hydrogen-bond donors (Lipinski definition) is 0. The summed E-state index contributed by atoms with van der Waals surface area (Å²) >= 11 is 0. The van der Waals surface area contributed by atoms with E-state index < -0.39 is 11.9 Å². The lowest BCUT2D eigenvalue weighted by Crippen LogP contribution is -2.09. The molecule has 0 heterocycles. The molecular weight excluding hydrogens is 316 g/mol. The average Bonchev–Trinajstić information content (AvgIpc) is 2.54. The largest absolute Gasteiger partial charge is 0.493 e. The summed E-state index contributed by atoms with van der Waals surface area (Å²) < 4.78 is 26.4. The zero-order valence-electron chi connectivity index (χ0n) is 14.1. The summed E-state index contributed by atoms with van der Waals surface area (Å²) in [6, 6.07) is 4.97. The first-order valence-corrected chi connectivity index (χ1v) is 7.05. The van der Waals surface area contributed by atoms with Crippen LogP contribution in [0.25, 0.3) is 10.8 Å². The van der Waals surface area contributed by atoms with E-state index in [1.807, 2.05) is 0 Å². The molecule has 0 atom stereocenters. The highest BCUT2D eigenvalue weighted by Crippen LogP contribution is 2.48. The number of benzene rings is 2. The Kier molecular flexibility index (Phi) is 5.13. The molecule has 24 heavy (non-hydrogen) atoms. The van der Waals surface area contributed by atoms with Gasteiger partial charge in [0.25, 0.3) is 0 Å². The van der Waals surface area contributed by atoms with Gasteiger partial charge >= 0.3 is 11.9 Å². The van der Waals surface area contributed by atoms with E-state index in [-0.39, 0.29) is 17.2 Å². The fourth-order valence-electron chi connectivity index (χ4n) is 2.36. The third-order valence-electron chi connectivity index (χ3n) is 3.25. The van der Waals surface area contributed by atoms with Crippen molar-refractivity contribution in [3.8, 4) is 28.7 Å². The van der Waals surface area contributed by atoms with Gasteiger partial charge in [-0.25, -0.2) is 0 Å². The van der Waals surface area contributed by atoms with Crippen LogP contribution in [0.5, 0.6) is 28.7 Å². The van der Waals surface area contributed by atoms with Gasteiger partial charge in [-0.15, -0.1) is 0 Å². The molecule has 2 aromatic carbocycles. The van der Waals surface area contributed by atoms with Crippen LogP contribution in [0.3, 0.4) is 0 Å². The van der Waals surface area contributed by atoms with Crippen LogP contribution in [-0.4, -0.2) is 33.3 Å². The molecule has 0 aliphatic heterocycles. The molecule has 0 amide bonds. The fraction of sp³-hybridized carbons (Fsp3) is 0.294. The maximum absolute atomic E-state index is 11.5. The normalized spacial score (nSPS) is 10.2. The van der Waals surface area contributed by atoms with Crippen LogP contribution >= 0.6 is 0 Å². The van der Waals surface area contributed by atoms with Crippen LogP contribution in [0.15, 0.2) is 18.2 Å². The van der Waals surface area contributed by atoms with Gasteiger partial charge in [-0.2, -0.15) is 0 Å². The van der Waals surface area contributed by atoms with Crippen molar-refractivity contribution in [2.24, 2.45) is 0 Å². The molecule has 0 radical (unpaired) electrons. The van der Waals surface area contributed by atoms with Crippen LogP contribution < -0.4 is 23.7 Å². The molecule has 2 aromatic rings. The quantitative estimate of drug-likeness (QED) is 0.614. The van der Waals surface area contributed by atoms with Gasteiger partial charge in [-0.1, -0.05) is 0 Å². The summed E-state index contributed by atoms with van der Waals surface area (Å²) in [6.45, 7) is 2.50. The van der Waals surface area contributed by atoms with E-state index in [1.165, 1.54) is 35.2 Å². The van der Waals surface area contributed by atoms with E-state index >= 15 is 0 Å². The van der Waals surface area contributed by atoms with E-state index in [2.05, 4.69) is 0 Å². The van der Waals surface area contributed by atoms with Gasteiger partial charge in [0, 0.05) is 24.6 Å². The van der Waals surface area contributed by atoms with Gasteiger partial charge in [0.2, 0.25) is 5.75 Å². The molecule has 128 valence electrons. The summed E-state index contributed by atoms with van der Waals surface area (Å²) in [7, 11) is 4.43. The summed E-state index contributed by atoms with van der Waals surface area (Å²) in [5.74, 6) is 0.139. The molecule has 0 aliphatic rings. The third-order valence-corrected chi connectivity index (χ3v) is 3.25. The van der Waals surface area contributed by atoms with Crippen molar-refractivity contribution in [3.63, 3.8) is 0 Å². The second-order valence-corrected chi connectivity index (χ2v) is 4.82. The van der Waals surface area contributed by atoms with Crippen LogP contribution in [-0.2, 0) is 9.59 Å². The summed E-state index contributed by atoms with van der Waals surface area (Å²) in [5, 5.41) is 1.10. The lowest BCUT2D eigenvalue weighted by atomic mass is 10.1. The number of fused-ring (bicyclic) bond motifs is 1. The average molecular weight is 334 g/mol. The van der Waals surface area contributed by atoms with E-state index in [9.17, 15) is 9.59 Å². The summed E-state index contributed by atoms with van der Waals surface area (Å²) in [4.78, 5) is 22.9. The monoisotopic (exact) mass is 334 g/mol. The highest BCUT2D eigenvalue weighted by Gasteiger charge is 2.23. The molecule has 0 fully saturated rings. The number of esters is 2. The van der Waals surface area contributed by atoms with Gasteiger partial charge < -0.3 is 23.7 Å². The number of hydrogen-bond acceptors (Lipinski definition) is 7. The SMILES string of the molecule is COc1cc2c(OC)c(OC)ccc2c(OC(C)=O)c1OC(C)=O. The van der Waals surface area contributed by atoms with E-state index in [1.54, 1.807) is 18.2 Å². The van der Waals surface area contributed by atoms with Gasteiger partial charge in [0.1, 0.15) is 0 Å². The van der Waals surface area contributed by atoms with Gasteiger partial charge in [0.05, 0.1) is 21.3 Å². The van der Waals surface area contributed by atoms with Gasteiger partial charge in [-0.05, 0) is 18.2 Å². The minimum atomic E-state index is -0.568. The lowest BCUT2D eigenvalue weighted by Gasteiger charge is -2.17. The second kappa shape index (κ2) is 7.08. The highest BCUT2D eigenvalue weighted by atomic mass is 16.6. The van der Waals surface area contributed by atoms with Crippen LogP contribution in [0.4, 0.5) is 0 Å². The molecule has 0 saturated carbocycles. The molecule has 7 nitrogen and oxygen atoms in total. The number of methoxy groups -OCH3 is 3. The Balaban J connectivity index is 2.90. The second-order valence-electron chi connectivity index (χ2n) is 4.82. The molecule has 2 rings (SSSR count). The summed E-state index contributed by atoms with van der Waals surface area (Å²) in [6.07, 6.45) is 0. The van der Waals surface area contributed by atoms with Gasteiger partial charge in [0.15, 0.2) is 23.0 Å². The first kappa shape index (κ1) is 17.4. The van der Waals surface area contributed by atoms with Crippen LogP contribution in [0.1, 0.15) is 13.8 Å². The molecule has 0 N–H and O–H groups in total. The molecule has 0 spiro atoms. The molecule has 0 aromatic heterocycles. The number of carbonyl (C=O) groups excluding carboxylic acids is 2. The maximum atomic E-state index is 11.5. The Labute approximate surface area is 139 Å². The first-order valence-electron chi connectivity index (χ1n) is 7.05. The highest BCUT2D eigenvalue weighted by molar-refractivity contribution is 6.00. The van der Waals surface area contributed by atoms with Crippen LogP contribution in [0.2, 0.25) is 0 Å². The van der Waals surface area contributed by atoms with E-state index in [0.717, 1.165) is 0 Å². The number of rotatable bonds is 5. The fourth-order valence-corrected chi connectivity index (χ4v) is 2.36. The molecule has 0 unspecified atom stereocenters. The maximum Gasteiger partial charge on any atom is 0.308 e. The zero-order valence-corrected chi connectivity index (χ0v) is 14.1. The predicted octanol–water partition coefficient (Wildman–Crippen LogP) is 2.72. The minimum Gasteiger partial charge on any atom is -0.493 e. The number of carbonyl (C=O) groups is 2. The number of ether oxygens (including phenoxy) is 5. The van der Waals surface area contributed by atoms with E-state index in [0.29, 0.717) is 22.3 Å². The molecule has 7 heteroatoms. The van der Waals surface area contributed by atoms with Crippen molar-refractivity contribution in [1.82, 2.24) is 0 Å². The van der Waals surface area contributed by atoms with Crippen molar-refractivity contribution >= 4 is 22.7 Å². The zero-order chi connectivity index (χ0) is 17.9. The predicted molar refractivity (Wildman–Crippen MR) is 86.2 cm³/mol. The van der Waals surface area contributed by atoms with Crippen LogP contribution in [0, 0.1) is 0 Å². The van der Waals surface area contributed by atoms with Gasteiger partial charge in [-0.3, -0.25) is 9.59 Å². The van der Waals surface area contributed by atoms with Crippen molar-refractivity contribution in [2.45, 2.75) is 13.8 Å². The Morgan fingerprint density at radius 2 is 1.29 bits per heavy atom. The van der Waals surface area contributed by atoms with Crippen molar-refractivity contribution in [3.05, 3.63) is 18.2 Å². The molecule has 0 bridgehead atoms. The third kappa shape index (κ3) is 3.19. The molecular formula is C17H18O7. The topological polar surface area (TPSA) is 80.3 Å².